The summed E-state index contributed by atoms with van der Waals surface area (Å²) < 4.78 is 5.49. The zero-order valence-corrected chi connectivity index (χ0v) is 17.2. The van der Waals surface area contributed by atoms with Gasteiger partial charge in [-0.3, -0.25) is 9.69 Å². The van der Waals surface area contributed by atoms with Crippen molar-refractivity contribution in [1.29, 1.82) is 0 Å². The number of methoxy groups -OCH3 is 1. The van der Waals surface area contributed by atoms with Crippen LogP contribution < -0.4 is 4.74 Å². The van der Waals surface area contributed by atoms with Crippen LogP contribution in [0.15, 0.2) is 53.5 Å². The topological polar surface area (TPSA) is 41.9 Å². The van der Waals surface area contributed by atoms with Gasteiger partial charge in [-0.2, -0.15) is 0 Å². The summed E-state index contributed by atoms with van der Waals surface area (Å²) in [6.07, 6.45) is 0.811. The van der Waals surface area contributed by atoms with Crippen molar-refractivity contribution in [3.8, 4) is 5.75 Å². The van der Waals surface area contributed by atoms with Crippen LogP contribution >= 0.6 is 11.8 Å². The SMILES string of the molecule is COc1ccc(C(C)(C)C)cc1N=C1SCC(=O)N1CCc1ccccc1. The molecule has 0 aromatic heterocycles. The molecule has 0 atom stereocenters. The number of nitrogens with zero attached hydrogens (tertiary/aromatic N) is 2. The molecule has 0 bridgehead atoms. The molecule has 0 radical (unpaired) electrons. The molecule has 142 valence electrons. The molecule has 1 heterocycles. The molecule has 2 aromatic rings. The van der Waals surface area contributed by atoms with Crippen molar-refractivity contribution >= 4 is 28.5 Å². The van der Waals surface area contributed by atoms with Gasteiger partial charge in [-0.05, 0) is 35.1 Å². The Morgan fingerprint density at radius 2 is 1.89 bits per heavy atom. The third-order valence-electron chi connectivity index (χ3n) is 4.58. The molecule has 0 aliphatic carbocycles. The normalized spacial score (nSPS) is 16.2. The number of amides is 1. The van der Waals surface area contributed by atoms with E-state index in [4.69, 9.17) is 9.73 Å². The van der Waals surface area contributed by atoms with E-state index in [-0.39, 0.29) is 11.3 Å². The molecule has 5 heteroatoms. The lowest BCUT2D eigenvalue weighted by molar-refractivity contribution is -0.124. The molecular formula is C22H26N2O2S. The molecule has 0 unspecified atom stereocenters. The second kappa shape index (κ2) is 8.17. The van der Waals surface area contributed by atoms with Crippen LogP contribution in [0.2, 0.25) is 0 Å². The highest BCUT2D eigenvalue weighted by atomic mass is 32.2. The number of carbonyl (C=O) groups is 1. The van der Waals surface area contributed by atoms with Crippen LogP contribution in [0, 0.1) is 0 Å². The Labute approximate surface area is 165 Å². The number of benzene rings is 2. The number of rotatable bonds is 5. The molecule has 2 aromatic carbocycles. The van der Waals surface area contributed by atoms with Gasteiger partial charge in [0.2, 0.25) is 5.91 Å². The summed E-state index contributed by atoms with van der Waals surface area (Å²) in [4.78, 5) is 19.0. The minimum Gasteiger partial charge on any atom is -0.494 e. The smallest absolute Gasteiger partial charge is 0.239 e. The Morgan fingerprint density at radius 3 is 2.56 bits per heavy atom. The van der Waals surface area contributed by atoms with Crippen LogP contribution in [-0.4, -0.2) is 35.4 Å². The monoisotopic (exact) mass is 382 g/mol. The molecule has 0 saturated carbocycles. The van der Waals surface area contributed by atoms with E-state index in [0.717, 1.165) is 23.0 Å². The third kappa shape index (κ3) is 4.72. The van der Waals surface area contributed by atoms with Crippen LogP contribution in [-0.2, 0) is 16.6 Å². The first-order chi connectivity index (χ1) is 12.9. The number of ether oxygens (including phenoxy) is 1. The lowest BCUT2D eigenvalue weighted by Crippen LogP contribution is -2.31. The van der Waals surface area contributed by atoms with Gasteiger partial charge in [-0.25, -0.2) is 4.99 Å². The zero-order valence-electron chi connectivity index (χ0n) is 16.4. The van der Waals surface area contributed by atoms with Crippen LogP contribution in [0.3, 0.4) is 0 Å². The molecule has 1 aliphatic rings. The van der Waals surface area contributed by atoms with E-state index in [1.54, 1.807) is 12.0 Å². The first kappa shape index (κ1) is 19.5. The average Bonchev–Trinajstić information content (AvgIpc) is 2.99. The number of amidine groups is 1. The van der Waals surface area contributed by atoms with Crippen molar-refractivity contribution in [3.05, 3.63) is 59.7 Å². The molecule has 1 amide bonds. The minimum absolute atomic E-state index is 0.0207. The van der Waals surface area contributed by atoms with Crippen molar-refractivity contribution in [3.63, 3.8) is 0 Å². The van der Waals surface area contributed by atoms with Crippen molar-refractivity contribution in [2.24, 2.45) is 4.99 Å². The zero-order chi connectivity index (χ0) is 19.4. The fraction of sp³-hybridized carbons (Fsp3) is 0.364. The van der Waals surface area contributed by atoms with Crippen LogP contribution in [0.25, 0.3) is 0 Å². The van der Waals surface area contributed by atoms with E-state index in [9.17, 15) is 4.79 Å². The number of hydrogen-bond donors (Lipinski definition) is 0. The Balaban J connectivity index is 1.87. The largest absolute Gasteiger partial charge is 0.494 e. The Hall–Kier alpha value is -2.27. The predicted molar refractivity (Wildman–Crippen MR) is 113 cm³/mol. The van der Waals surface area contributed by atoms with Crippen LogP contribution in [0.4, 0.5) is 5.69 Å². The average molecular weight is 383 g/mol. The second-order valence-electron chi connectivity index (χ2n) is 7.60. The van der Waals surface area contributed by atoms with Gasteiger partial charge in [0.15, 0.2) is 5.17 Å². The summed E-state index contributed by atoms with van der Waals surface area (Å²) in [5, 5.41) is 0.750. The summed E-state index contributed by atoms with van der Waals surface area (Å²) in [6.45, 7) is 7.15. The summed E-state index contributed by atoms with van der Waals surface area (Å²) in [7, 11) is 1.65. The van der Waals surface area contributed by atoms with E-state index < -0.39 is 0 Å². The van der Waals surface area contributed by atoms with Crippen molar-refractivity contribution in [1.82, 2.24) is 4.90 Å². The number of aliphatic imine (C=N–C) groups is 1. The quantitative estimate of drug-likeness (QED) is 0.746. The predicted octanol–water partition coefficient (Wildman–Crippen LogP) is 4.80. The molecule has 4 nitrogen and oxygen atoms in total. The molecule has 3 rings (SSSR count). The lowest BCUT2D eigenvalue weighted by Gasteiger charge is -2.21. The molecular weight excluding hydrogens is 356 g/mol. The van der Waals surface area contributed by atoms with Gasteiger partial charge < -0.3 is 4.74 Å². The molecule has 27 heavy (non-hydrogen) atoms. The van der Waals surface area contributed by atoms with Gasteiger partial charge in [0, 0.05) is 6.54 Å². The van der Waals surface area contributed by atoms with Gasteiger partial charge >= 0.3 is 0 Å². The van der Waals surface area contributed by atoms with Gasteiger partial charge in [0.25, 0.3) is 0 Å². The maximum absolute atomic E-state index is 12.4. The molecule has 1 aliphatic heterocycles. The van der Waals surface area contributed by atoms with Crippen LogP contribution in [0.5, 0.6) is 5.75 Å². The molecule has 1 fully saturated rings. The van der Waals surface area contributed by atoms with Crippen molar-refractivity contribution < 1.29 is 9.53 Å². The third-order valence-corrected chi connectivity index (χ3v) is 5.55. The fourth-order valence-corrected chi connectivity index (χ4v) is 3.85. The highest BCUT2D eigenvalue weighted by Crippen LogP contribution is 2.35. The maximum Gasteiger partial charge on any atom is 0.239 e. The Bertz CT molecular complexity index is 841. The van der Waals surface area contributed by atoms with Gasteiger partial charge in [0.05, 0.1) is 12.9 Å². The van der Waals surface area contributed by atoms with E-state index in [1.165, 1.54) is 22.9 Å². The molecule has 0 spiro atoms. The number of thioether (sulfide) groups is 1. The standard InChI is InChI=1S/C22H26N2O2S/c1-22(2,3)17-10-11-19(26-4)18(14-17)23-21-24(20(25)15-27-21)13-12-16-8-6-5-7-9-16/h5-11,14H,12-13,15H2,1-4H3. The summed E-state index contributed by atoms with van der Waals surface area (Å²) in [5.74, 6) is 1.27. The minimum atomic E-state index is 0.0207. The van der Waals surface area contributed by atoms with Gasteiger partial charge in [-0.15, -0.1) is 0 Å². The van der Waals surface area contributed by atoms with E-state index in [0.29, 0.717) is 12.3 Å². The Morgan fingerprint density at radius 1 is 1.15 bits per heavy atom. The summed E-state index contributed by atoms with van der Waals surface area (Å²) in [6, 6.07) is 16.3. The van der Waals surface area contributed by atoms with Crippen molar-refractivity contribution in [2.75, 3.05) is 19.4 Å². The number of hydrogen-bond acceptors (Lipinski definition) is 4. The van der Waals surface area contributed by atoms with Gasteiger partial charge in [0.1, 0.15) is 11.4 Å². The van der Waals surface area contributed by atoms with E-state index in [1.807, 2.05) is 24.3 Å². The summed E-state index contributed by atoms with van der Waals surface area (Å²) in [5.41, 5.74) is 3.20. The maximum atomic E-state index is 12.4. The first-order valence-corrected chi connectivity index (χ1v) is 10.1. The summed E-state index contributed by atoms with van der Waals surface area (Å²) >= 11 is 1.49. The highest BCUT2D eigenvalue weighted by Gasteiger charge is 2.28. The first-order valence-electron chi connectivity index (χ1n) is 9.13. The second-order valence-corrected chi connectivity index (χ2v) is 8.54. The fourth-order valence-electron chi connectivity index (χ4n) is 2.93. The highest BCUT2D eigenvalue weighted by molar-refractivity contribution is 8.15. The molecule has 1 saturated heterocycles. The van der Waals surface area contributed by atoms with Crippen molar-refractivity contribution in [2.45, 2.75) is 32.6 Å². The lowest BCUT2D eigenvalue weighted by atomic mass is 9.87. The van der Waals surface area contributed by atoms with E-state index >= 15 is 0 Å². The van der Waals surface area contributed by atoms with E-state index in [2.05, 4.69) is 45.0 Å². The van der Waals surface area contributed by atoms with Crippen LogP contribution in [0.1, 0.15) is 31.9 Å². The van der Waals surface area contributed by atoms with Gasteiger partial charge in [-0.1, -0.05) is 68.9 Å². The Kier molecular flexibility index (Phi) is 5.90. The molecule has 0 N–H and O–H groups in total. The number of carbonyl (C=O) groups excluding carboxylic acids is 1.